The Balaban J connectivity index is 1.62. The number of likely N-dealkylation sites (tertiary alicyclic amines) is 1. The monoisotopic (exact) mass is 303 g/mol. The molecule has 1 aromatic carbocycles. The van der Waals surface area contributed by atoms with Crippen LogP contribution in [-0.4, -0.2) is 47.4 Å². The van der Waals surface area contributed by atoms with E-state index in [1.54, 1.807) is 12.1 Å². The van der Waals surface area contributed by atoms with E-state index in [9.17, 15) is 4.79 Å². The first kappa shape index (κ1) is 14.8. The number of methoxy groups -OCH3 is 1. The molecule has 6 heteroatoms. The summed E-state index contributed by atoms with van der Waals surface area (Å²) in [6, 6.07) is 5.44. The molecule has 1 saturated heterocycles. The van der Waals surface area contributed by atoms with Crippen molar-refractivity contribution in [3.05, 3.63) is 24.5 Å². The smallest absolute Gasteiger partial charge is 0.437 e. The molecule has 0 N–H and O–H groups in total. The molecule has 1 aliphatic heterocycles. The second-order valence-electron chi connectivity index (χ2n) is 5.55. The van der Waals surface area contributed by atoms with Crippen LogP contribution in [0.25, 0.3) is 11.0 Å². The number of hydrogen-bond acceptors (Lipinski definition) is 5. The van der Waals surface area contributed by atoms with E-state index in [4.69, 9.17) is 4.74 Å². The number of nitrogens with zero attached hydrogens (tertiary/aromatic N) is 3. The van der Waals surface area contributed by atoms with Crippen molar-refractivity contribution < 1.29 is 14.3 Å². The fraction of sp³-hybridized carbons (Fsp3) is 0.500. The Morgan fingerprint density at radius 1 is 1.27 bits per heavy atom. The first-order chi connectivity index (χ1) is 10.8. The molecule has 1 fully saturated rings. The highest BCUT2D eigenvalue weighted by atomic mass is 16.7. The predicted molar refractivity (Wildman–Crippen MR) is 83.1 cm³/mol. The standard InChI is InChI=1S/C16H21N3O3/c1-21-16(20)22-13-5-6-15-14(11-13)17-12-19(15)10-4-9-18-7-2-3-8-18/h5-6,11-12H,2-4,7-10H2,1H3. The van der Waals surface area contributed by atoms with E-state index in [0.717, 1.165) is 30.5 Å². The molecule has 3 rings (SSSR count). The van der Waals surface area contributed by atoms with E-state index >= 15 is 0 Å². The van der Waals surface area contributed by atoms with Gasteiger partial charge in [0.05, 0.1) is 24.5 Å². The highest BCUT2D eigenvalue weighted by molar-refractivity contribution is 5.78. The van der Waals surface area contributed by atoms with E-state index in [-0.39, 0.29) is 0 Å². The van der Waals surface area contributed by atoms with E-state index in [0.29, 0.717) is 5.75 Å². The quantitative estimate of drug-likeness (QED) is 0.628. The van der Waals surface area contributed by atoms with Crippen molar-refractivity contribution in [3.63, 3.8) is 0 Å². The average Bonchev–Trinajstić information content (AvgIpc) is 3.17. The van der Waals surface area contributed by atoms with Crippen molar-refractivity contribution in [2.45, 2.75) is 25.8 Å². The largest absolute Gasteiger partial charge is 0.513 e. The maximum absolute atomic E-state index is 11.1. The third-order valence-corrected chi connectivity index (χ3v) is 4.03. The first-order valence-corrected chi connectivity index (χ1v) is 7.69. The molecule has 0 radical (unpaired) electrons. The highest BCUT2D eigenvalue weighted by Crippen LogP contribution is 2.20. The van der Waals surface area contributed by atoms with Gasteiger partial charge in [0.2, 0.25) is 0 Å². The van der Waals surface area contributed by atoms with Crippen molar-refractivity contribution in [2.75, 3.05) is 26.7 Å². The molecule has 1 aliphatic rings. The van der Waals surface area contributed by atoms with Gasteiger partial charge in [0.15, 0.2) is 0 Å². The summed E-state index contributed by atoms with van der Waals surface area (Å²) in [7, 11) is 1.29. The van der Waals surface area contributed by atoms with Crippen molar-refractivity contribution in [2.24, 2.45) is 0 Å². The molecule has 0 unspecified atom stereocenters. The molecule has 118 valence electrons. The number of carbonyl (C=O) groups excluding carboxylic acids is 1. The number of aryl methyl sites for hydroxylation is 1. The lowest BCUT2D eigenvalue weighted by atomic mass is 10.3. The second-order valence-corrected chi connectivity index (χ2v) is 5.55. The van der Waals surface area contributed by atoms with Crippen molar-refractivity contribution in [3.8, 4) is 5.75 Å². The lowest BCUT2D eigenvalue weighted by molar-refractivity contribution is 0.121. The maximum Gasteiger partial charge on any atom is 0.513 e. The fourth-order valence-corrected chi connectivity index (χ4v) is 2.89. The van der Waals surface area contributed by atoms with Gasteiger partial charge in [-0.05, 0) is 51.0 Å². The minimum Gasteiger partial charge on any atom is -0.437 e. The molecule has 1 aromatic heterocycles. The van der Waals surface area contributed by atoms with Crippen LogP contribution >= 0.6 is 0 Å². The zero-order valence-corrected chi connectivity index (χ0v) is 12.8. The lowest BCUT2D eigenvalue weighted by Gasteiger charge is -2.14. The molecular formula is C16H21N3O3. The number of aromatic nitrogens is 2. The minimum atomic E-state index is -0.718. The van der Waals surface area contributed by atoms with E-state index in [1.807, 2.05) is 12.4 Å². The van der Waals surface area contributed by atoms with Gasteiger partial charge in [-0.15, -0.1) is 0 Å². The number of fused-ring (bicyclic) bond motifs is 1. The fourth-order valence-electron chi connectivity index (χ4n) is 2.89. The van der Waals surface area contributed by atoms with Crippen LogP contribution in [0.4, 0.5) is 4.79 Å². The summed E-state index contributed by atoms with van der Waals surface area (Å²) in [5.41, 5.74) is 1.88. The number of benzene rings is 1. The van der Waals surface area contributed by atoms with Crippen LogP contribution in [0.3, 0.4) is 0 Å². The molecule has 0 aliphatic carbocycles. The van der Waals surface area contributed by atoms with Crippen LogP contribution in [0.15, 0.2) is 24.5 Å². The lowest BCUT2D eigenvalue weighted by Crippen LogP contribution is -2.21. The normalized spacial score (nSPS) is 15.3. The molecule has 6 nitrogen and oxygen atoms in total. The Morgan fingerprint density at radius 3 is 2.86 bits per heavy atom. The summed E-state index contributed by atoms with van der Waals surface area (Å²) in [6.45, 7) is 4.56. The van der Waals surface area contributed by atoms with E-state index in [1.165, 1.54) is 33.0 Å². The Kier molecular flexibility index (Phi) is 4.58. The van der Waals surface area contributed by atoms with Gasteiger partial charge in [0, 0.05) is 12.6 Å². The molecular weight excluding hydrogens is 282 g/mol. The van der Waals surface area contributed by atoms with Crippen LogP contribution in [0, 0.1) is 0 Å². The van der Waals surface area contributed by atoms with Crippen LogP contribution < -0.4 is 4.74 Å². The van der Waals surface area contributed by atoms with E-state index in [2.05, 4.69) is 19.2 Å². The molecule has 22 heavy (non-hydrogen) atoms. The molecule has 2 heterocycles. The number of hydrogen-bond donors (Lipinski definition) is 0. The molecule has 0 atom stereocenters. The topological polar surface area (TPSA) is 56.6 Å². The van der Waals surface area contributed by atoms with Crippen LogP contribution in [0.1, 0.15) is 19.3 Å². The summed E-state index contributed by atoms with van der Waals surface area (Å²) in [5, 5.41) is 0. The second kappa shape index (κ2) is 6.79. The Morgan fingerprint density at radius 2 is 2.09 bits per heavy atom. The van der Waals surface area contributed by atoms with Gasteiger partial charge >= 0.3 is 6.16 Å². The Labute approximate surface area is 129 Å². The average molecular weight is 303 g/mol. The van der Waals surface area contributed by atoms with Gasteiger partial charge in [-0.1, -0.05) is 0 Å². The van der Waals surface area contributed by atoms with Gasteiger partial charge in [0.25, 0.3) is 0 Å². The van der Waals surface area contributed by atoms with Crippen LogP contribution in [0.5, 0.6) is 5.75 Å². The molecule has 0 saturated carbocycles. The Hall–Kier alpha value is -2.08. The first-order valence-electron chi connectivity index (χ1n) is 7.69. The van der Waals surface area contributed by atoms with Gasteiger partial charge in [0.1, 0.15) is 5.75 Å². The van der Waals surface area contributed by atoms with Gasteiger partial charge < -0.3 is 18.9 Å². The predicted octanol–water partition coefficient (Wildman–Crippen LogP) is 2.67. The highest BCUT2D eigenvalue weighted by Gasteiger charge is 2.11. The molecule has 0 spiro atoms. The summed E-state index contributed by atoms with van der Waals surface area (Å²) in [6.07, 6.45) is 4.90. The molecule has 0 bridgehead atoms. The van der Waals surface area contributed by atoms with Gasteiger partial charge in [-0.3, -0.25) is 0 Å². The number of carbonyl (C=O) groups is 1. The zero-order chi connectivity index (χ0) is 15.4. The van der Waals surface area contributed by atoms with Crippen molar-refractivity contribution >= 4 is 17.2 Å². The van der Waals surface area contributed by atoms with Gasteiger partial charge in [-0.2, -0.15) is 0 Å². The Bertz CT molecular complexity index is 647. The third kappa shape index (κ3) is 3.39. The summed E-state index contributed by atoms with van der Waals surface area (Å²) in [4.78, 5) is 18.0. The van der Waals surface area contributed by atoms with Crippen molar-refractivity contribution in [1.29, 1.82) is 0 Å². The van der Waals surface area contributed by atoms with Crippen molar-refractivity contribution in [1.82, 2.24) is 14.5 Å². The SMILES string of the molecule is COC(=O)Oc1ccc2c(c1)ncn2CCCN1CCCC1. The zero-order valence-electron chi connectivity index (χ0n) is 12.8. The van der Waals surface area contributed by atoms with E-state index < -0.39 is 6.16 Å². The number of ether oxygens (including phenoxy) is 2. The number of rotatable bonds is 5. The third-order valence-electron chi connectivity index (χ3n) is 4.03. The summed E-state index contributed by atoms with van der Waals surface area (Å²) in [5.74, 6) is 0.446. The maximum atomic E-state index is 11.1. The van der Waals surface area contributed by atoms with Gasteiger partial charge in [-0.25, -0.2) is 9.78 Å². The molecule has 2 aromatic rings. The van der Waals surface area contributed by atoms with Crippen LogP contribution in [0.2, 0.25) is 0 Å². The summed E-state index contributed by atoms with van der Waals surface area (Å²) < 4.78 is 11.6. The number of imidazole rings is 1. The minimum absolute atomic E-state index is 0.446. The summed E-state index contributed by atoms with van der Waals surface area (Å²) >= 11 is 0. The van der Waals surface area contributed by atoms with Crippen LogP contribution in [-0.2, 0) is 11.3 Å². The molecule has 0 amide bonds.